The summed E-state index contributed by atoms with van der Waals surface area (Å²) in [5, 5.41) is 2.17. The SMILES string of the molecule is COc1cc(OC)c(/C=C2\C(=O)NC(=O)N(c3ccc4c(c3)OCO4)C2=O)c(OC)c1. The molecule has 1 N–H and O–H groups in total. The summed E-state index contributed by atoms with van der Waals surface area (Å²) in [7, 11) is 4.35. The number of benzene rings is 2. The van der Waals surface area contributed by atoms with Crippen LogP contribution >= 0.6 is 0 Å². The van der Waals surface area contributed by atoms with Gasteiger partial charge < -0.3 is 23.7 Å². The van der Waals surface area contributed by atoms with Crippen molar-refractivity contribution in [1.82, 2.24) is 5.32 Å². The maximum absolute atomic E-state index is 13.2. The molecular formula is C21H18N2O8. The van der Waals surface area contributed by atoms with Crippen molar-refractivity contribution in [2.75, 3.05) is 33.0 Å². The van der Waals surface area contributed by atoms with Crippen LogP contribution in [0.25, 0.3) is 6.08 Å². The molecule has 160 valence electrons. The Balaban J connectivity index is 1.78. The summed E-state index contributed by atoms with van der Waals surface area (Å²) in [4.78, 5) is 39.0. The number of hydrogen-bond donors (Lipinski definition) is 1. The zero-order chi connectivity index (χ0) is 22.1. The number of ether oxygens (including phenoxy) is 5. The molecule has 2 heterocycles. The summed E-state index contributed by atoms with van der Waals surface area (Å²) in [6, 6.07) is 6.88. The number of fused-ring (bicyclic) bond motifs is 1. The van der Waals surface area contributed by atoms with E-state index in [4.69, 9.17) is 23.7 Å². The minimum Gasteiger partial charge on any atom is -0.496 e. The Morgan fingerprint density at radius 3 is 2.26 bits per heavy atom. The van der Waals surface area contributed by atoms with Gasteiger partial charge in [-0.25, -0.2) is 9.69 Å². The molecule has 10 heteroatoms. The molecule has 0 bridgehead atoms. The van der Waals surface area contributed by atoms with E-state index in [1.54, 1.807) is 18.2 Å². The first-order chi connectivity index (χ1) is 15.0. The maximum atomic E-state index is 13.2. The highest BCUT2D eigenvalue weighted by molar-refractivity contribution is 6.39. The Labute approximate surface area is 176 Å². The van der Waals surface area contributed by atoms with Crippen LogP contribution in [-0.2, 0) is 9.59 Å². The number of rotatable bonds is 5. The van der Waals surface area contributed by atoms with Crippen LogP contribution in [-0.4, -0.2) is 46.0 Å². The summed E-state index contributed by atoms with van der Waals surface area (Å²) in [6.07, 6.45) is 1.31. The largest absolute Gasteiger partial charge is 0.496 e. The predicted molar refractivity (Wildman–Crippen MR) is 108 cm³/mol. The molecule has 0 aromatic heterocycles. The summed E-state index contributed by atoms with van der Waals surface area (Å²) in [6.45, 7) is 0.0413. The summed E-state index contributed by atoms with van der Waals surface area (Å²) in [5.74, 6) is 0.325. The number of nitrogens with zero attached hydrogens (tertiary/aromatic N) is 1. The van der Waals surface area contributed by atoms with Crippen molar-refractivity contribution in [3.63, 3.8) is 0 Å². The van der Waals surface area contributed by atoms with Crippen molar-refractivity contribution >= 4 is 29.6 Å². The molecule has 31 heavy (non-hydrogen) atoms. The third-order valence-electron chi connectivity index (χ3n) is 4.76. The van der Waals surface area contributed by atoms with Crippen LogP contribution in [0.5, 0.6) is 28.7 Å². The van der Waals surface area contributed by atoms with Gasteiger partial charge in [0.15, 0.2) is 11.5 Å². The number of anilines is 1. The second kappa shape index (κ2) is 7.90. The van der Waals surface area contributed by atoms with Gasteiger partial charge in [-0.15, -0.1) is 0 Å². The molecule has 2 aliphatic heterocycles. The first-order valence-corrected chi connectivity index (χ1v) is 9.08. The zero-order valence-electron chi connectivity index (χ0n) is 16.9. The van der Waals surface area contributed by atoms with Gasteiger partial charge in [0.1, 0.15) is 22.8 Å². The topological polar surface area (TPSA) is 113 Å². The molecular weight excluding hydrogens is 408 g/mol. The first kappa shape index (κ1) is 20.1. The van der Waals surface area contributed by atoms with Gasteiger partial charge in [-0.05, 0) is 18.2 Å². The minimum absolute atomic E-state index is 0.0413. The van der Waals surface area contributed by atoms with Crippen LogP contribution in [0.3, 0.4) is 0 Å². The number of carbonyl (C=O) groups is 3. The van der Waals surface area contributed by atoms with Gasteiger partial charge in [0.25, 0.3) is 11.8 Å². The molecule has 0 aliphatic carbocycles. The van der Waals surface area contributed by atoms with Crippen LogP contribution in [0.2, 0.25) is 0 Å². The monoisotopic (exact) mass is 426 g/mol. The molecule has 0 saturated carbocycles. The summed E-state index contributed by atoms with van der Waals surface area (Å²) in [5.41, 5.74) is 0.280. The van der Waals surface area contributed by atoms with E-state index in [1.165, 1.54) is 39.5 Å². The van der Waals surface area contributed by atoms with E-state index in [0.717, 1.165) is 4.90 Å². The Morgan fingerprint density at radius 1 is 0.935 bits per heavy atom. The molecule has 2 aromatic rings. The zero-order valence-corrected chi connectivity index (χ0v) is 16.9. The number of nitrogens with one attached hydrogen (secondary N) is 1. The third kappa shape index (κ3) is 3.48. The number of barbiturate groups is 1. The summed E-state index contributed by atoms with van der Waals surface area (Å²) < 4.78 is 26.5. The van der Waals surface area contributed by atoms with E-state index >= 15 is 0 Å². The number of methoxy groups -OCH3 is 3. The highest BCUT2D eigenvalue weighted by Crippen LogP contribution is 2.38. The van der Waals surface area contributed by atoms with Gasteiger partial charge in [-0.2, -0.15) is 0 Å². The van der Waals surface area contributed by atoms with E-state index in [2.05, 4.69) is 5.32 Å². The van der Waals surface area contributed by atoms with Gasteiger partial charge in [0.2, 0.25) is 6.79 Å². The van der Waals surface area contributed by atoms with Crippen LogP contribution in [0.1, 0.15) is 5.56 Å². The fourth-order valence-corrected chi connectivity index (χ4v) is 3.24. The van der Waals surface area contributed by atoms with Gasteiger partial charge >= 0.3 is 6.03 Å². The highest BCUT2D eigenvalue weighted by Gasteiger charge is 2.38. The van der Waals surface area contributed by atoms with Crippen LogP contribution in [0.15, 0.2) is 35.9 Å². The fourth-order valence-electron chi connectivity index (χ4n) is 3.24. The van der Waals surface area contributed by atoms with Crippen LogP contribution in [0, 0.1) is 0 Å². The normalized spacial score (nSPS) is 16.4. The number of imide groups is 2. The summed E-state index contributed by atoms with van der Waals surface area (Å²) >= 11 is 0. The first-order valence-electron chi connectivity index (χ1n) is 9.08. The Kier molecular flexibility index (Phi) is 5.12. The van der Waals surface area contributed by atoms with Crippen molar-refractivity contribution in [2.45, 2.75) is 0 Å². The lowest BCUT2D eigenvalue weighted by atomic mass is 10.0. The van der Waals surface area contributed by atoms with Crippen LogP contribution in [0.4, 0.5) is 10.5 Å². The number of amides is 4. The molecule has 4 rings (SSSR count). The molecule has 0 spiro atoms. The average molecular weight is 426 g/mol. The molecule has 0 radical (unpaired) electrons. The molecule has 2 aromatic carbocycles. The third-order valence-corrected chi connectivity index (χ3v) is 4.76. The second-order valence-corrected chi connectivity index (χ2v) is 6.44. The average Bonchev–Trinajstić information content (AvgIpc) is 3.24. The van der Waals surface area contributed by atoms with E-state index < -0.39 is 17.8 Å². The second-order valence-electron chi connectivity index (χ2n) is 6.44. The van der Waals surface area contributed by atoms with Crippen molar-refractivity contribution in [1.29, 1.82) is 0 Å². The predicted octanol–water partition coefficient (Wildman–Crippen LogP) is 2.11. The number of carbonyl (C=O) groups excluding carboxylic acids is 3. The van der Waals surface area contributed by atoms with E-state index in [1.807, 2.05) is 0 Å². The van der Waals surface area contributed by atoms with Crippen molar-refractivity contribution < 1.29 is 38.1 Å². The number of hydrogen-bond acceptors (Lipinski definition) is 8. The lowest BCUT2D eigenvalue weighted by Crippen LogP contribution is -2.54. The standard InChI is InChI=1S/C21H18N2O8/c1-27-12-7-16(28-2)13(17(8-12)29-3)9-14-19(24)22-21(26)23(20(14)25)11-4-5-15-18(6-11)31-10-30-15/h4-9H,10H2,1-3H3,(H,22,24,26)/b14-9+. The van der Waals surface area contributed by atoms with E-state index in [-0.39, 0.29) is 18.1 Å². The lowest BCUT2D eigenvalue weighted by Gasteiger charge is -2.26. The Bertz CT molecular complexity index is 1100. The molecule has 4 amide bonds. The maximum Gasteiger partial charge on any atom is 0.335 e. The molecule has 0 unspecified atom stereocenters. The molecule has 1 fully saturated rings. The fraction of sp³-hybridized carbons (Fsp3) is 0.190. The van der Waals surface area contributed by atoms with E-state index in [0.29, 0.717) is 34.3 Å². The molecule has 1 saturated heterocycles. The molecule has 0 atom stereocenters. The van der Waals surface area contributed by atoms with Gasteiger partial charge in [0.05, 0.1) is 32.6 Å². The molecule has 2 aliphatic rings. The number of urea groups is 1. The van der Waals surface area contributed by atoms with Gasteiger partial charge in [-0.1, -0.05) is 0 Å². The lowest BCUT2D eigenvalue weighted by molar-refractivity contribution is -0.122. The highest BCUT2D eigenvalue weighted by atomic mass is 16.7. The quantitative estimate of drug-likeness (QED) is 0.571. The van der Waals surface area contributed by atoms with Crippen LogP contribution < -0.4 is 33.9 Å². The minimum atomic E-state index is -0.875. The smallest absolute Gasteiger partial charge is 0.335 e. The Hall–Kier alpha value is -4.21. The van der Waals surface area contributed by atoms with Gasteiger partial charge in [0, 0.05) is 18.2 Å². The van der Waals surface area contributed by atoms with E-state index in [9.17, 15) is 14.4 Å². The van der Waals surface area contributed by atoms with Crippen molar-refractivity contribution in [2.24, 2.45) is 0 Å². The molecule has 10 nitrogen and oxygen atoms in total. The van der Waals surface area contributed by atoms with Crippen molar-refractivity contribution in [3.8, 4) is 28.7 Å². The van der Waals surface area contributed by atoms with Gasteiger partial charge in [-0.3, -0.25) is 14.9 Å². The van der Waals surface area contributed by atoms with Crippen molar-refractivity contribution in [3.05, 3.63) is 41.5 Å². The Morgan fingerprint density at radius 2 is 1.61 bits per heavy atom.